The van der Waals surface area contributed by atoms with Crippen molar-refractivity contribution in [1.29, 1.82) is 0 Å². The second-order valence-corrected chi connectivity index (χ2v) is 5.06. The minimum atomic E-state index is 0.361. The smallest absolute Gasteiger partial charge is 0.249 e. The molecule has 0 saturated carbocycles. The molecule has 1 atom stereocenters. The van der Waals surface area contributed by atoms with Crippen molar-refractivity contribution in [2.75, 3.05) is 10.6 Å². The van der Waals surface area contributed by atoms with E-state index in [1.165, 1.54) is 5.56 Å². The molecule has 0 aliphatic rings. The number of benzene rings is 1. The van der Waals surface area contributed by atoms with Crippen LogP contribution in [0, 0.1) is 13.8 Å². The third-order valence-electron chi connectivity index (χ3n) is 3.21. The van der Waals surface area contributed by atoms with Gasteiger partial charge in [0.25, 0.3) is 0 Å². The summed E-state index contributed by atoms with van der Waals surface area (Å²) < 4.78 is 0. The number of nitrogens with zero attached hydrogens (tertiary/aromatic N) is 3. The molecule has 0 amide bonds. The summed E-state index contributed by atoms with van der Waals surface area (Å²) in [5.74, 6) is 1.24. The molecule has 0 radical (unpaired) electrons. The Balaban J connectivity index is 2.17. The number of nitrogens with one attached hydrogen (secondary N) is 2. The Morgan fingerprint density at radius 3 is 2.80 bits per heavy atom. The number of aromatic nitrogens is 3. The lowest BCUT2D eigenvalue weighted by molar-refractivity contribution is 0.755. The number of rotatable bonds is 5. The highest BCUT2D eigenvalue weighted by Gasteiger charge is 2.05. The lowest BCUT2D eigenvalue weighted by atomic mass is 10.1. The fraction of sp³-hybridized carbons (Fsp3) is 0.400. The third kappa shape index (κ3) is 3.66. The largest absolute Gasteiger partial charge is 0.366 e. The van der Waals surface area contributed by atoms with Crippen molar-refractivity contribution in [3.05, 3.63) is 35.5 Å². The van der Waals surface area contributed by atoms with Gasteiger partial charge in [-0.25, -0.2) is 0 Å². The molecule has 0 aliphatic carbocycles. The lowest BCUT2D eigenvalue weighted by Gasteiger charge is -2.13. The molecule has 0 bridgehead atoms. The maximum absolute atomic E-state index is 4.43. The molecule has 1 unspecified atom stereocenters. The molecule has 1 aromatic heterocycles. The monoisotopic (exact) mass is 271 g/mol. The predicted octanol–water partition coefficient (Wildman–Crippen LogP) is 3.44. The van der Waals surface area contributed by atoms with Crippen LogP contribution >= 0.6 is 0 Å². The molecule has 2 aromatic rings. The van der Waals surface area contributed by atoms with E-state index in [2.05, 4.69) is 71.7 Å². The topological polar surface area (TPSA) is 62.7 Å². The summed E-state index contributed by atoms with van der Waals surface area (Å²) in [6.07, 6.45) is 2.67. The normalized spacial score (nSPS) is 12.0. The molecule has 5 heteroatoms. The molecule has 0 aliphatic heterocycles. The van der Waals surface area contributed by atoms with Gasteiger partial charge in [0.1, 0.15) is 0 Å². The van der Waals surface area contributed by atoms with Gasteiger partial charge in [-0.1, -0.05) is 19.1 Å². The van der Waals surface area contributed by atoms with Gasteiger partial charge in [-0.3, -0.25) is 0 Å². The highest BCUT2D eigenvalue weighted by molar-refractivity contribution is 5.59. The SMILES string of the molecule is CCC(C)Nc1cnnc(Nc2cc(C)ccc2C)n1. The zero-order valence-corrected chi connectivity index (χ0v) is 12.4. The van der Waals surface area contributed by atoms with E-state index in [0.29, 0.717) is 12.0 Å². The van der Waals surface area contributed by atoms with E-state index in [-0.39, 0.29) is 0 Å². The Labute approximate surface area is 119 Å². The Morgan fingerprint density at radius 2 is 2.05 bits per heavy atom. The lowest BCUT2D eigenvalue weighted by Crippen LogP contribution is -2.15. The minimum Gasteiger partial charge on any atom is -0.366 e. The molecule has 20 heavy (non-hydrogen) atoms. The summed E-state index contributed by atoms with van der Waals surface area (Å²) in [5.41, 5.74) is 3.35. The maximum atomic E-state index is 4.43. The first kappa shape index (κ1) is 14.2. The molecule has 2 rings (SSSR count). The van der Waals surface area contributed by atoms with Crippen LogP contribution in [0.5, 0.6) is 0 Å². The summed E-state index contributed by atoms with van der Waals surface area (Å²) in [4.78, 5) is 4.43. The molecule has 0 spiro atoms. The van der Waals surface area contributed by atoms with E-state index in [0.717, 1.165) is 23.5 Å². The van der Waals surface area contributed by atoms with Crippen LogP contribution < -0.4 is 10.6 Å². The summed E-state index contributed by atoms with van der Waals surface area (Å²) in [6.45, 7) is 8.35. The van der Waals surface area contributed by atoms with Crippen molar-refractivity contribution in [2.24, 2.45) is 0 Å². The van der Waals surface area contributed by atoms with E-state index >= 15 is 0 Å². The first-order valence-electron chi connectivity index (χ1n) is 6.89. The Bertz CT molecular complexity index is 582. The van der Waals surface area contributed by atoms with Gasteiger partial charge < -0.3 is 10.6 Å². The summed E-state index contributed by atoms with van der Waals surface area (Å²) >= 11 is 0. The van der Waals surface area contributed by atoms with E-state index in [4.69, 9.17) is 0 Å². The summed E-state index contributed by atoms with van der Waals surface area (Å²) in [6, 6.07) is 6.60. The van der Waals surface area contributed by atoms with Gasteiger partial charge >= 0.3 is 0 Å². The summed E-state index contributed by atoms with van der Waals surface area (Å²) in [5, 5.41) is 14.5. The van der Waals surface area contributed by atoms with Crippen LogP contribution in [0.1, 0.15) is 31.4 Å². The van der Waals surface area contributed by atoms with E-state index in [1.54, 1.807) is 6.20 Å². The van der Waals surface area contributed by atoms with E-state index in [1.807, 2.05) is 0 Å². The van der Waals surface area contributed by atoms with Gasteiger partial charge in [0.2, 0.25) is 5.95 Å². The second kappa shape index (κ2) is 6.32. The van der Waals surface area contributed by atoms with E-state index in [9.17, 15) is 0 Å². The molecule has 106 valence electrons. The average Bonchev–Trinajstić information content (AvgIpc) is 2.43. The zero-order valence-electron chi connectivity index (χ0n) is 12.4. The summed E-state index contributed by atoms with van der Waals surface area (Å²) in [7, 11) is 0. The quantitative estimate of drug-likeness (QED) is 0.872. The molecule has 2 N–H and O–H groups in total. The molecular formula is C15H21N5. The van der Waals surface area contributed by atoms with Gasteiger partial charge in [-0.15, -0.1) is 5.10 Å². The predicted molar refractivity (Wildman–Crippen MR) is 82.4 cm³/mol. The number of hydrogen-bond acceptors (Lipinski definition) is 5. The highest BCUT2D eigenvalue weighted by atomic mass is 15.3. The van der Waals surface area contributed by atoms with E-state index < -0.39 is 0 Å². The van der Waals surface area contributed by atoms with Crippen molar-refractivity contribution in [2.45, 2.75) is 40.2 Å². The van der Waals surface area contributed by atoms with Crippen LogP contribution in [-0.4, -0.2) is 21.2 Å². The van der Waals surface area contributed by atoms with Gasteiger partial charge in [-0.2, -0.15) is 10.1 Å². The standard InChI is InChI=1S/C15H21N5/c1-5-12(4)17-14-9-16-20-15(19-14)18-13-8-10(2)6-7-11(13)3/h6-9,12H,5H2,1-4H3,(H2,17,18,19,20). The van der Waals surface area contributed by atoms with Crippen molar-refractivity contribution >= 4 is 17.5 Å². The molecule has 1 aromatic carbocycles. The fourth-order valence-corrected chi connectivity index (χ4v) is 1.77. The Kier molecular flexibility index (Phi) is 4.50. The number of hydrogen-bond donors (Lipinski definition) is 2. The van der Waals surface area contributed by atoms with Crippen LogP contribution in [-0.2, 0) is 0 Å². The van der Waals surface area contributed by atoms with Crippen molar-refractivity contribution in [3.8, 4) is 0 Å². The number of anilines is 3. The zero-order chi connectivity index (χ0) is 14.5. The Hall–Kier alpha value is -2.17. The van der Waals surface area contributed by atoms with Gasteiger partial charge in [0.05, 0.1) is 6.20 Å². The van der Waals surface area contributed by atoms with Crippen LogP contribution in [0.2, 0.25) is 0 Å². The van der Waals surface area contributed by atoms with Crippen LogP contribution in [0.15, 0.2) is 24.4 Å². The highest BCUT2D eigenvalue weighted by Crippen LogP contribution is 2.20. The maximum Gasteiger partial charge on any atom is 0.249 e. The second-order valence-electron chi connectivity index (χ2n) is 5.06. The number of aryl methyl sites for hydroxylation is 2. The average molecular weight is 271 g/mol. The van der Waals surface area contributed by atoms with Crippen LogP contribution in [0.25, 0.3) is 0 Å². The molecule has 5 nitrogen and oxygen atoms in total. The van der Waals surface area contributed by atoms with Crippen molar-refractivity contribution < 1.29 is 0 Å². The van der Waals surface area contributed by atoms with Crippen LogP contribution in [0.4, 0.5) is 17.5 Å². The van der Waals surface area contributed by atoms with Gasteiger partial charge in [-0.05, 0) is 44.4 Å². The molecule has 1 heterocycles. The van der Waals surface area contributed by atoms with Crippen molar-refractivity contribution in [3.63, 3.8) is 0 Å². The molecule has 0 saturated heterocycles. The first-order chi connectivity index (χ1) is 9.58. The Morgan fingerprint density at radius 1 is 1.25 bits per heavy atom. The molecule has 0 fully saturated rings. The fourth-order valence-electron chi connectivity index (χ4n) is 1.77. The van der Waals surface area contributed by atoms with Gasteiger partial charge in [0.15, 0.2) is 5.82 Å². The van der Waals surface area contributed by atoms with Crippen LogP contribution in [0.3, 0.4) is 0 Å². The minimum absolute atomic E-state index is 0.361. The van der Waals surface area contributed by atoms with Crippen molar-refractivity contribution in [1.82, 2.24) is 15.2 Å². The molecular weight excluding hydrogens is 250 g/mol. The first-order valence-corrected chi connectivity index (χ1v) is 6.89. The third-order valence-corrected chi connectivity index (χ3v) is 3.21. The van der Waals surface area contributed by atoms with Gasteiger partial charge in [0, 0.05) is 11.7 Å².